The lowest BCUT2D eigenvalue weighted by Crippen LogP contribution is -2.53. The first-order valence-electron chi connectivity index (χ1n) is 15.0. The van der Waals surface area contributed by atoms with Gasteiger partial charge >= 0.3 is 0 Å². The fourth-order valence-corrected chi connectivity index (χ4v) is 6.54. The van der Waals surface area contributed by atoms with Crippen LogP contribution < -0.4 is 9.62 Å². The van der Waals surface area contributed by atoms with Crippen LogP contribution in [0.3, 0.4) is 0 Å². The fraction of sp³-hybridized carbons (Fsp3) is 0.278. The van der Waals surface area contributed by atoms with E-state index in [1.165, 1.54) is 17.0 Å². The second-order valence-corrected chi connectivity index (χ2v) is 13.8. The van der Waals surface area contributed by atoms with Crippen LogP contribution in [0.25, 0.3) is 0 Å². The first-order chi connectivity index (χ1) is 21.5. The first-order valence-corrected chi connectivity index (χ1v) is 16.8. The zero-order valence-electron chi connectivity index (χ0n) is 26.1. The Morgan fingerprint density at radius 2 is 1.44 bits per heavy atom. The molecule has 1 N–H and O–H groups in total. The molecule has 0 radical (unpaired) electrons. The number of anilines is 1. The number of rotatable bonds is 13. The van der Waals surface area contributed by atoms with Crippen LogP contribution in [0.4, 0.5) is 5.69 Å². The second-order valence-electron chi connectivity index (χ2n) is 11.6. The van der Waals surface area contributed by atoms with E-state index in [0.717, 1.165) is 21.0 Å². The molecular weight excluding hydrogens is 606 g/mol. The van der Waals surface area contributed by atoms with Gasteiger partial charge < -0.3 is 10.2 Å². The predicted octanol–water partition coefficient (Wildman–Crippen LogP) is 6.56. The Bertz CT molecular complexity index is 1710. The molecule has 9 heteroatoms. The zero-order valence-corrected chi connectivity index (χ0v) is 27.7. The molecule has 4 aromatic rings. The maximum absolute atomic E-state index is 14.5. The van der Waals surface area contributed by atoms with Gasteiger partial charge in [-0.2, -0.15) is 0 Å². The number of carbonyl (C=O) groups is 2. The lowest BCUT2D eigenvalue weighted by atomic mass is 10.0. The molecule has 236 valence electrons. The molecule has 0 aromatic heterocycles. The van der Waals surface area contributed by atoms with Gasteiger partial charge in [0.15, 0.2) is 0 Å². The Kier molecular flexibility index (Phi) is 11.4. The highest BCUT2D eigenvalue weighted by molar-refractivity contribution is 7.92. The summed E-state index contributed by atoms with van der Waals surface area (Å²) in [6.07, 6.45) is 0.232. The highest BCUT2D eigenvalue weighted by Crippen LogP contribution is 2.27. The van der Waals surface area contributed by atoms with Crippen LogP contribution in [0.2, 0.25) is 5.02 Å². The number of sulfonamides is 1. The number of nitrogens with one attached hydrogen (secondary N) is 1. The Balaban J connectivity index is 1.82. The van der Waals surface area contributed by atoms with E-state index in [9.17, 15) is 18.0 Å². The first kappa shape index (κ1) is 33.7. The fourth-order valence-electron chi connectivity index (χ4n) is 4.92. The van der Waals surface area contributed by atoms with Crippen molar-refractivity contribution in [2.24, 2.45) is 5.92 Å². The molecule has 0 spiro atoms. The van der Waals surface area contributed by atoms with Crippen LogP contribution >= 0.6 is 11.6 Å². The lowest BCUT2D eigenvalue weighted by Gasteiger charge is -2.34. The maximum atomic E-state index is 14.5. The van der Waals surface area contributed by atoms with Crippen LogP contribution in [0.1, 0.15) is 36.1 Å². The molecule has 2 amide bonds. The van der Waals surface area contributed by atoms with Crippen LogP contribution in [0.15, 0.2) is 108 Å². The minimum atomic E-state index is -4.16. The van der Waals surface area contributed by atoms with E-state index in [1.807, 2.05) is 70.2 Å². The minimum Gasteiger partial charge on any atom is -0.354 e. The number of nitrogens with zero attached hydrogens (tertiary/aromatic N) is 2. The largest absolute Gasteiger partial charge is 0.354 e. The summed E-state index contributed by atoms with van der Waals surface area (Å²) in [6.45, 7) is 7.74. The summed E-state index contributed by atoms with van der Waals surface area (Å²) in [7, 11) is -4.16. The van der Waals surface area contributed by atoms with Crippen molar-refractivity contribution in [2.45, 2.75) is 51.6 Å². The molecule has 0 unspecified atom stereocenters. The van der Waals surface area contributed by atoms with Gasteiger partial charge in [-0.25, -0.2) is 8.42 Å². The molecule has 0 aliphatic heterocycles. The van der Waals surface area contributed by atoms with Gasteiger partial charge in [0.25, 0.3) is 10.0 Å². The van der Waals surface area contributed by atoms with Gasteiger partial charge in [-0.3, -0.25) is 13.9 Å². The molecule has 4 aromatic carbocycles. The molecule has 0 fully saturated rings. The number of carbonyl (C=O) groups excluding carboxylic acids is 2. The van der Waals surface area contributed by atoms with E-state index in [-0.39, 0.29) is 29.7 Å². The van der Waals surface area contributed by atoms with Gasteiger partial charge in [-0.05, 0) is 72.4 Å². The summed E-state index contributed by atoms with van der Waals surface area (Å²) >= 11 is 6.56. The molecule has 0 bridgehead atoms. The lowest BCUT2D eigenvalue weighted by molar-refractivity contribution is -0.140. The van der Waals surface area contributed by atoms with Crippen molar-refractivity contribution >= 4 is 39.1 Å². The van der Waals surface area contributed by atoms with Gasteiger partial charge in [0, 0.05) is 24.5 Å². The summed E-state index contributed by atoms with van der Waals surface area (Å²) < 4.78 is 29.4. The van der Waals surface area contributed by atoms with E-state index < -0.39 is 28.5 Å². The Labute approximate surface area is 271 Å². The summed E-state index contributed by atoms with van der Waals surface area (Å²) in [5.41, 5.74) is 3.74. The SMILES string of the molecule is Cc1ccc(N(CC(=O)N(Cc2ccccc2Cl)[C@@H](Cc2ccccc2)C(=O)NCC(C)C)S(=O)(=O)c2ccccc2)cc1C. The van der Waals surface area contributed by atoms with E-state index in [2.05, 4.69) is 5.32 Å². The van der Waals surface area contributed by atoms with Crippen molar-refractivity contribution in [1.82, 2.24) is 10.2 Å². The zero-order chi connectivity index (χ0) is 32.6. The van der Waals surface area contributed by atoms with Crippen LogP contribution in [-0.2, 0) is 32.6 Å². The highest BCUT2D eigenvalue weighted by Gasteiger charge is 2.35. The molecule has 0 saturated carbocycles. The van der Waals surface area contributed by atoms with Crippen LogP contribution in [0, 0.1) is 19.8 Å². The number of hydrogen-bond acceptors (Lipinski definition) is 4. The number of hydrogen-bond donors (Lipinski definition) is 1. The molecule has 0 saturated heterocycles. The van der Waals surface area contributed by atoms with Gasteiger partial charge in [-0.1, -0.05) is 98.2 Å². The van der Waals surface area contributed by atoms with Crippen molar-refractivity contribution in [1.29, 1.82) is 0 Å². The van der Waals surface area contributed by atoms with Gasteiger partial charge in [0.05, 0.1) is 10.6 Å². The number of aryl methyl sites for hydroxylation is 2. The smallest absolute Gasteiger partial charge is 0.264 e. The average molecular weight is 646 g/mol. The highest BCUT2D eigenvalue weighted by atomic mass is 35.5. The topological polar surface area (TPSA) is 86.8 Å². The third kappa shape index (κ3) is 8.74. The van der Waals surface area contributed by atoms with Crippen molar-refractivity contribution in [3.63, 3.8) is 0 Å². The molecule has 0 heterocycles. The van der Waals surface area contributed by atoms with Crippen molar-refractivity contribution < 1.29 is 18.0 Å². The van der Waals surface area contributed by atoms with Gasteiger partial charge in [0.2, 0.25) is 11.8 Å². The Morgan fingerprint density at radius 1 is 0.822 bits per heavy atom. The van der Waals surface area contributed by atoms with E-state index >= 15 is 0 Å². The molecule has 7 nitrogen and oxygen atoms in total. The van der Waals surface area contributed by atoms with Crippen molar-refractivity contribution in [3.8, 4) is 0 Å². The third-order valence-corrected chi connectivity index (χ3v) is 9.80. The maximum Gasteiger partial charge on any atom is 0.264 e. The summed E-state index contributed by atoms with van der Waals surface area (Å²) in [5, 5.41) is 3.44. The van der Waals surface area contributed by atoms with Crippen molar-refractivity contribution in [2.75, 3.05) is 17.4 Å². The summed E-state index contributed by atoms with van der Waals surface area (Å²) in [6, 6.07) is 29.0. The normalized spacial score (nSPS) is 12.0. The van der Waals surface area contributed by atoms with Gasteiger partial charge in [0.1, 0.15) is 12.6 Å². The number of amides is 2. The molecular formula is C36H40ClN3O4S. The molecule has 0 aliphatic rings. The number of halogens is 1. The quantitative estimate of drug-likeness (QED) is 0.178. The van der Waals surface area contributed by atoms with E-state index in [4.69, 9.17) is 11.6 Å². The second kappa shape index (κ2) is 15.2. The number of benzene rings is 4. The molecule has 4 rings (SSSR count). The average Bonchev–Trinajstić information content (AvgIpc) is 3.03. The summed E-state index contributed by atoms with van der Waals surface area (Å²) in [4.78, 5) is 29.9. The monoisotopic (exact) mass is 645 g/mol. The van der Waals surface area contributed by atoms with Crippen molar-refractivity contribution in [3.05, 3.63) is 130 Å². The Morgan fingerprint density at radius 3 is 2.07 bits per heavy atom. The molecule has 0 aliphatic carbocycles. The Hall–Kier alpha value is -4.14. The molecule has 1 atom stereocenters. The van der Waals surface area contributed by atoms with Crippen LogP contribution in [0.5, 0.6) is 0 Å². The van der Waals surface area contributed by atoms with E-state index in [0.29, 0.717) is 22.8 Å². The minimum absolute atomic E-state index is 0.0112. The van der Waals surface area contributed by atoms with E-state index in [1.54, 1.807) is 48.5 Å². The van der Waals surface area contributed by atoms with Gasteiger partial charge in [-0.15, -0.1) is 0 Å². The standard InChI is InChI=1S/C36H40ClN3O4S/c1-26(2)23-38-36(42)34(22-29-13-7-5-8-14-29)39(24-30-15-11-12-18-33(30)37)35(41)25-40(31-20-19-27(3)28(4)21-31)45(43,44)32-16-9-6-10-17-32/h5-21,26,34H,22-25H2,1-4H3,(H,38,42)/t34-/m0/s1. The molecule has 45 heavy (non-hydrogen) atoms. The van der Waals surface area contributed by atoms with Crippen LogP contribution in [-0.4, -0.2) is 44.3 Å². The third-order valence-electron chi connectivity index (χ3n) is 7.64. The summed E-state index contributed by atoms with van der Waals surface area (Å²) in [5.74, 6) is -0.666. The predicted molar refractivity (Wildman–Crippen MR) is 181 cm³/mol.